The summed E-state index contributed by atoms with van der Waals surface area (Å²) < 4.78 is 13.2. The molecule has 0 radical (unpaired) electrons. The number of methoxy groups -OCH3 is 2. The fraction of sp³-hybridized carbons (Fsp3) is 0.360. The van der Waals surface area contributed by atoms with E-state index in [0.29, 0.717) is 11.8 Å². The highest BCUT2D eigenvalue weighted by molar-refractivity contribution is 5.59. The number of hydrogen-bond acceptors (Lipinski definition) is 5. The first kappa shape index (κ1) is 19.8. The van der Waals surface area contributed by atoms with Crippen molar-refractivity contribution in [3.8, 4) is 22.8 Å². The minimum Gasteiger partial charge on any atom is -0.496 e. The van der Waals surface area contributed by atoms with E-state index in [1.54, 1.807) is 26.5 Å². The molecule has 1 fully saturated rings. The SMILES string of the molecule is COc1cccc(OC)c1CN1C[C@@H]2C[C@H](C1)c1cc(-c3ccccn3)cc(=O)n1C2. The largest absolute Gasteiger partial charge is 0.496 e. The van der Waals surface area contributed by atoms with Crippen molar-refractivity contribution in [2.45, 2.75) is 25.4 Å². The van der Waals surface area contributed by atoms with Crippen LogP contribution in [0.1, 0.15) is 23.6 Å². The zero-order chi connectivity index (χ0) is 21.4. The Labute approximate surface area is 182 Å². The van der Waals surface area contributed by atoms with E-state index in [9.17, 15) is 4.79 Å². The van der Waals surface area contributed by atoms with Crippen molar-refractivity contribution in [2.24, 2.45) is 5.92 Å². The van der Waals surface area contributed by atoms with Gasteiger partial charge in [-0.15, -0.1) is 0 Å². The molecule has 2 bridgehead atoms. The van der Waals surface area contributed by atoms with Crippen molar-refractivity contribution in [1.82, 2.24) is 14.5 Å². The van der Waals surface area contributed by atoms with Gasteiger partial charge in [0.15, 0.2) is 0 Å². The van der Waals surface area contributed by atoms with Gasteiger partial charge in [0.2, 0.25) is 0 Å². The van der Waals surface area contributed by atoms with E-state index in [4.69, 9.17) is 9.47 Å². The lowest BCUT2D eigenvalue weighted by molar-refractivity contribution is 0.112. The van der Waals surface area contributed by atoms with Crippen molar-refractivity contribution >= 4 is 0 Å². The molecule has 2 aromatic heterocycles. The Kier molecular flexibility index (Phi) is 5.24. The monoisotopic (exact) mass is 417 g/mol. The summed E-state index contributed by atoms with van der Waals surface area (Å²) in [6.07, 6.45) is 2.88. The smallest absolute Gasteiger partial charge is 0.251 e. The lowest BCUT2D eigenvalue weighted by Gasteiger charge is -2.43. The van der Waals surface area contributed by atoms with Crippen molar-refractivity contribution in [2.75, 3.05) is 27.3 Å². The molecule has 160 valence electrons. The summed E-state index contributed by atoms with van der Waals surface area (Å²) in [5, 5.41) is 0. The zero-order valence-corrected chi connectivity index (χ0v) is 18.0. The van der Waals surface area contributed by atoms with E-state index >= 15 is 0 Å². The fourth-order valence-electron chi connectivity index (χ4n) is 5.18. The molecule has 4 heterocycles. The predicted octanol–water partition coefficient (Wildman–Crippen LogP) is 3.55. The highest BCUT2D eigenvalue weighted by Gasteiger charge is 2.35. The van der Waals surface area contributed by atoms with Crippen LogP contribution in [-0.2, 0) is 13.1 Å². The first-order valence-electron chi connectivity index (χ1n) is 10.7. The van der Waals surface area contributed by atoms with Crippen LogP contribution in [0.2, 0.25) is 0 Å². The lowest BCUT2D eigenvalue weighted by Crippen LogP contribution is -2.46. The minimum absolute atomic E-state index is 0.0766. The van der Waals surface area contributed by atoms with Gasteiger partial charge >= 0.3 is 0 Å². The average Bonchev–Trinajstić information content (AvgIpc) is 2.80. The molecular formula is C25H27N3O3. The molecule has 0 unspecified atom stereocenters. The summed E-state index contributed by atoms with van der Waals surface area (Å²) in [5.74, 6) is 2.49. The molecule has 5 rings (SSSR count). The normalized spacial score (nSPS) is 20.2. The third kappa shape index (κ3) is 3.72. The highest BCUT2D eigenvalue weighted by atomic mass is 16.5. The summed E-state index contributed by atoms with van der Waals surface area (Å²) in [7, 11) is 3.40. The maximum Gasteiger partial charge on any atom is 0.251 e. The van der Waals surface area contributed by atoms with E-state index in [2.05, 4.69) is 16.0 Å². The Morgan fingerprint density at radius 1 is 1.00 bits per heavy atom. The van der Waals surface area contributed by atoms with Crippen molar-refractivity contribution < 1.29 is 9.47 Å². The second-order valence-corrected chi connectivity index (χ2v) is 8.47. The topological polar surface area (TPSA) is 56.6 Å². The average molecular weight is 418 g/mol. The van der Waals surface area contributed by atoms with Gasteiger partial charge in [0.05, 0.1) is 25.5 Å². The summed E-state index contributed by atoms with van der Waals surface area (Å²) in [5.41, 5.74) is 4.02. The molecule has 0 saturated carbocycles. The molecule has 3 aromatic rings. The van der Waals surface area contributed by atoms with E-state index < -0.39 is 0 Å². The molecule has 0 spiro atoms. The van der Waals surface area contributed by atoms with Gasteiger partial charge in [-0.2, -0.15) is 0 Å². The van der Waals surface area contributed by atoms with Crippen molar-refractivity contribution in [3.63, 3.8) is 0 Å². The lowest BCUT2D eigenvalue weighted by atomic mass is 9.82. The molecule has 1 aromatic carbocycles. The molecular weight excluding hydrogens is 390 g/mol. The molecule has 1 saturated heterocycles. The fourth-order valence-corrected chi connectivity index (χ4v) is 5.18. The Balaban J connectivity index is 1.46. The summed E-state index contributed by atoms with van der Waals surface area (Å²) in [4.78, 5) is 19.8. The van der Waals surface area contributed by atoms with E-state index in [-0.39, 0.29) is 5.56 Å². The van der Waals surface area contributed by atoms with Gasteiger partial charge in [-0.1, -0.05) is 12.1 Å². The second-order valence-electron chi connectivity index (χ2n) is 8.47. The van der Waals surface area contributed by atoms with E-state index in [1.165, 1.54) is 0 Å². The Morgan fingerprint density at radius 2 is 1.81 bits per heavy atom. The number of hydrogen-bond donors (Lipinski definition) is 0. The van der Waals surface area contributed by atoms with E-state index in [1.807, 2.05) is 41.0 Å². The summed E-state index contributed by atoms with van der Waals surface area (Å²) >= 11 is 0. The van der Waals surface area contributed by atoms with Gasteiger partial charge < -0.3 is 14.0 Å². The molecule has 2 aliphatic rings. The number of likely N-dealkylation sites (tertiary alicyclic amines) is 1. The second kappa shape index (κ2) is 8.19. The third-order valence-electron chi connectivity index (χ3n) is 6.50. The van der Waals surface area contributed by atoms with Crippen LogP contribution in [0.3, 0.4) is 0 Å². The van der Waals surface area contributed by atoms with Crippen molar-refractivity contribution in [1.29, 1.82) is 0 Å². The number of benzene rings is 1. The number of nitrogens with zero attached hydrogens (tertiary/aromatic N) is 3. The van der Waals surface area contributed by atoms with Crippen LogP contribution in [0, 0.1) is 5.92 Å². The maximum absolute atomic E-state index is 12.9. The van der Waals surface area contributed by atoms with Gasteiger partial charge in [0, 0.05) is 55.6 Å². The van der Waals surface area contributed by atoms with Crippen LogP contribution in [0.25, 0.3) is 11.3 Å². The van der Waals surface area contributed by atoms with Gasteiger partial charge in [-0.05, 0) is 42.7 Å². The molecule has 31 heavy (non-hydrogen) atoms. The minimum atomic E-state index is 0.0766. The number of fused-ring (bicyclic) bond motifs is 4. The van der Waals surface area contributed by atoms with Gasteiger partial charge in [0.25, 0.3) is 5.56 Å². The standard InChI is InChI=1S/C25H27N3O3/c1-30-23-7-5-8-24(31-2)20(23)16-27-13-17-10-19(15-27)22-11-18(12-25(29)28(22)14-17)21-6-3-4-9-26-21/h3-9,11-12,17,19H,10,13-16H2,1-2H3/t17-,19+/m0/s1. The van der Waals surface area contributed by atoms with Crippen LogP contribution in [0.4, 0.5) is 0 Å². The van der Waals surface area contributed by atoms with Crippen LogP contribution in [0.15, 0.2) is 59.5 Å². The molecule has 0 N–H and O–H groups in total. The van der Waals surface area contributed by atoms with E-state index in [0.717, 1.165) is 66.6 Å². The maximum atomic E-state index is 12.9. The number of ether oxygens (including phenoxy) is 2. The van der Waals surface area contributed by atoms with Crippen LogP contribution < -0.4 is 15.0 Å². The Morgan fingerprint density at radius 3 is 2.52 bits per heavy atom. The van der Waals surface area contributed by atoms with Crippen molar-refractivity contribution in [3.05, 3.63) is 76.3 Å². The summed E-state index contributed by atoms with van der Waals surface area (Å²) in [6, 6.07) is 15.6. The van der Waals surface area contributed by atoms with Crippen LogP contribution in [-0.4, -0.2) is 41.8 Å². The quantitative estimate of drug-likeness (QED) is 0.636. The third-order valence-corrected chi connectivity index (χ3v) is 6.50. The van der Waals surface area contributed by atoms with Gasteiger partial charge in [-0.3, -0.25) is 14.7 Å². The molecule has 0 amide bonds. The first-order valence-corrected chi connectivity index (χ1v) is 10.7. The number of piperidine rings is 1. The Hall–Kier alpha value is -3.12. The summed E-state index contributed by atoms with van der Waals surface area (Å²) in [6.45, 7) is 3.41. The van der Waals surface area contributed by atoms with Gasteiger partial charge in [-0.25, -0.2) is 0 Å². The zero-order valence-electron chi connectivity index (χ0n) is 18.0. The number of rotatable bonds is 5. The Bertz CT molecular complexity index is 1120. The van der Waals surface area contributed by atoms with Crippen LogP contribution in [0.5, 0.6) is 11.5 Å². The molecule has 2 atom stereocenters. The first-order chi connectivity index (χ1) is 15.2. The molecule has 2 aliphatic heterocycles. The highest BCUT2D eigenvalue weighted by Crippen LogP contribution is 2.38. The molecule has 0 aliphatic carbocycles. The van der Waals surface area contributed by atoms with Crippen LogP contribution >= 0.6 is 0 Å². The number of aromatic nitrogens is 2. The molecule has 6 heteroatoms. The number of pyridine rings is 2. The van der Waals surface area contributed by atoms with Gasteiger partial charge in [0.1, 0.15) is 11.5 Å². The predicted molar refractivity (Wildman–Crippen MR) is 120 cm³/mol. The molecule has 6 nitrogen and oxygen atoms in total.